The molecule has 0 spiro atoms. The third kappa shape index (κ3) is 5.09. The Hall–Kier alpha value is -3.91. The number of anilines is 1. The zero-order valence-electron chi connectivity index (χ0n) is 20.5. The lowest BCUT2D eigenvalue weighted by atomic mass is 9.88. The number of ketones is 2. The highest BCUT2D eigenvalue weighted by atomic mass is 32.1. The third-order valence-corrected chi connectivity index (χ3v) is 8.09. The first-order chi connectivity index (χ1) is 18.4. The molecule has 0 atom stereocenters. The lowest BCUT2D eigenvalue weighted by Crippen LogP contribution is -2.28. The second-order valence-electron chi connectivity index (χ2n) is 10.0. The number of nitrogens with zero attached hydrogens (tertiary/aromatic N) is 1. The van der Waals surface area contributed by atoms with Crippen molar-refractivity contribution in [1.29, 1.82) is 0 Å². The standard InChI is InChI=1S/C30H25FN2O4S/c31-22-14-19(16-27(35)30(12-13-30)26(34)15-18-4-2-1-3-5-18)6-11-24(22)37-21-9-10-23-25(17-21)38-29(32-23)33-28(36)20-7-8-20/h1-6,9-11,14,17,20H,7-8,12-13,15-16H2,(H,32,33,36). The van der Waals surface area contributed by atoms with Gasteiger partial charge in [0.1, 0.15) is 5.75 Å². The third-order valence-electron chi connectivity index (χ3n) is 7.15. The smallest absolute Gasteiger partial charge is 0.229 e. The summed E-state index contributed by atoms with van der Waals surface area (Å²) >= 11 is 1.34. The molecule has 0 bridgehead atoms. The van der Waals surface area contributed by atoms with Gasteiger partial charge in [0.05, 0.1) is 15.6 Å². The summed E-state index contributed by atoms with van der Waals surface area (Å²) in [6, 6.07) is 19.1. The first-order valence-corrected chi connectivity index (χ1v) is 13.5. The van der Waals surface area contributed by atoms with Crippen LogP contribution >= 0.6 is 11.3 Å². The quantitative estimate of drug-likeness (QED) is 0.245. The van der Waals surface area contributed by atoms with E-state index in [0.29, 0.717) is 29.3 Å². The van der Waals surface area contributed by atoms with Gasteiger partial charge in [-0.1, -0.05) is 47.7 Å². The predicted molar refractivity (Wildman–Crippen MR) is 143 cm³/mol. The van der Waals surface area contributed by atoms with Crippen molar-refractivity contribution in [3.63, 3.8) is 0 Å². The molecule has 1 aromatic heterocycles. The van der Waals surface area contributed by atoms with Crippen molar-refractivity contribution in [2.75, 3.05) is 5.32 Å². The van der Waals surface area contributed by atoms with Crippen LogP contribution in [0.25, 0.3) is 10.2 Å². The molecule has 0 unspecified atom stereocenters. The van der Waals surface area contributed by atoms with E-state index in [9.17, 15) is 18.8 Å². The van der Waals surface area contributed by atoms with Crippen LogP contribution in [-0.2, 0) is 27.2 Å². The summed E-state index contributed by atoms with van der Waals surface area (Å²) in [4.78, 5) is 42.4. The number of benzene rings is 3. The van der Waals surface area contributed by atoms with E-state index < -0.39 is 11.2 Å². The molecule has 0 saturated heterocycles. The number of hydrogen-bond acceptors (Lipinski definition) is 6. The highest BCUT2D eigenvalue weighted by molar-refractivity contribution is 7.22. The van der Waals surface area contributed by atoms with Crippen molar-refractivity contribution in [2.45, 2.75) is 38.5 Å². The number of amides is 1. The molecule has 192 valence electrons. The van der Waals surface area contributed by atoms with Crippen molar-refractivity contribution in [3.05, 3.63) is 83.7 Å². The van der Waals surface area contributed by atoms with E-state index in [1.807, 2.05) is 30.3 Å². The van der Waals surface area contributed by atoms with Gasteiger partial charge < -0.3 is 10.1 Å². The first kappa shape index (κ1) is 24.4. The van der Waals surface area contributed by atoms with Crippen molar-refractivity contribution in [2.24, 2.45) is 11.3 Å². The Labute approximate surface area is 222 Å². The Morgan fingerprint density at radius 3 is 2.37 bits per heavy atom. The Kier molecular flexibility index (Phi) is 6.27. The number of carbonyl (C=O) groups excluding carboxylic acids is 3. The van der Waals surface area contributed by atoms with Gasteiger partial charge in [0.25, 0.3) is 0 Å². The Morgan fingerprint density at radius 1 is 0.947 bits per heavy atom. The summed E-state index contributed by atoms with van der Waals surface area (Å²) in [5, 5.41) is 3.38. The highest BCUT2D eigenvalue weighted by Gasteiger charge is 2.54. The van der Waals surface area contributed by atoms with Crippen molar-refractivity contribution >= 4 is 44.2 Å². The number of ether oxygens (including phenoxy) is 1. The molecule has 3 aromatic carbocycles. The molecule has 1 amide bonds. The van der Waals surface area contributed by atoms with Crippen LogP contribution in [0.3, 0.4) is 0 Å². The van der Waals surface area contributed by atoms with E-state index in [2.05, 4.69) is 10.3 Å². The van der Waals surface area contributed by atoms with Crippen molar-refractivity contribution in [1.82, 2.24) is 4.98 Å². The monoisotopic (exact) mass is 528 g/mol. The Morgan fingerprint density at radius 2 is 1.68 bits per heavy atom. The molecule has 8 heteroatoms. The SMILES string of the molecule is O=C(Nc1nc2ccc(Oc3ccc(CC(=O)C4(C(=O)Cc5ccccc5)CC4)cc3F)cc2s1)C1CC1. The van der Waals surface area contributed by atoms with Gasteiger partial charge in [-0.25, -0.2) is 9.37 Å². The molecule has 2 saturated carbocycles. The van der Waals surface area contributed by atoms with Gasteiger partial charge in [-0.2, -0.15) is 0 Å². The molecular formula is C30H25FN2O4S. The fraction of sp³-hybridized carbons (Fsp3) is 0.267. The Balaban J connectivity index is 1.11. The van der Waals surface area contributed by atoms with Crippen LogP contribution in [0.1, 0.15) is 36.8 Å². The number of hydrogen-bond donors (Lipinski definition) is 1. The second kappa shape index (κ2) is 9.76. The van der Waals surface area contributed by atoms with Gasteiger partial charge in [-0.05, 0) is 61.1 Å². The van der Waals surface area contributed by atoms with Crippen molar-refractivity contribution in [3.8, 4) is 11.5 Å². The van der Waals surface area contributed by atoms with Crippen LogP contribution in [0, 0.1) is 17.2 Å². The lowest BCUT2D eigenvalue weighted by Gasteiger charge is -2.14. The average Bonchev–Trinajstić information content (AvgIpc) is 3.82. The van der Waals surface area contributed by atoms with Crippen LogP contribution in [-0.4, -0.2) is 22.5 Å². The minimum atomic E-state index is -0.942. The summed E-state index contributed by atoms with van der Waals surface area (Å²) in [5.74, 6) is -0.255. The number of rotatable bonds is 10. The first-order valence-electron chi connectivity index (χ1n) is 12.7. The fourth-order valence-electron chi connectivity index (χ4n) is 4.58. The van der Waals surface area contributed by atoms with Gasteiger partial charge in [0, 0.05) is 24.8 Å². The van der Waals surface area contributed by atoms with Gasteiger partial charge in [-0.15, -0.1) is 0 Å². The van der Waals surface area contributed by atoms with Crippen LogP contribution < -0.4 is 10.1 Å². The van der Waals surface area contributed by atoms with Gasteiger partial charge >= 0.3 is 0 Å². The number of halogens is 1. The molecule has 6 rings (SSSR count). The summed E-state index contributed by atoms with van der Waals surface area (Å²) in [6.45, 7) is 0. The van der Waals surface area contributed by atoms with Gasteiger partial charge in [-0.3, -0.25) is 14.4 Å². The zero-order chi connectivity index (χ0) is 26.3. The minimum absolute atomic E-state index is 0.0000914. The van der Waals surface area contributed by atoms with Gasteiger partial charge in [0.15, 0.2) is 28.3 Å². The molecule has 6 nitrogen and oxygen atoms in total. The van der Waals surface area contributed by atoms with Gasteiger partial charge in [0.2, 0.25) is 5.91 Å². The second-order valence-corrected chi connectivity index (χ2v) is 11.1. The normalized spacial score (nSPS) is 15.7. The molecular weight excluding hydrogens is 503 g/mol. The highest BCUT2D eigenvalue weighted by Crippen LogP contribution is 2.49. The van der Waals surface area contributed by atoms with E-state index >= 15 is 0 Å². The number of carbonyl (C=O) groups is 3. The lowest BCUT2D eigenvalue weighted by molar-refractivity contribution is -0.134. The summed E-state index contributed by atoms with van der Waals surface area (Å²) in [7, 11) is 0. The maximum atomic E-state index is 14.9. The topological polar surface area (TPSA) is 85.4 Å². The minimum Gasteiger partial charge on any atom is -0.454 e. The predicted octanol–water partition coefficient (Wildman–Crippen LogP) is 6.28. The largest absolute Gasteiger partial charge is 0.454 e. The molecule has 0 aliphatic heterocycles. The summed E-state index contributed by atoms with van der Waals surface area (Å²) < 4.78 is 21.5. The molecule has 2 aliphatic rings. The molecule has 2 fully saturated rings. The summed E-state index contributed by atoms with van der Waals surface area (Å²) in [5.41, 5.74) is 1.17. The van der Waals surface area contributed by atoms with Crippen LogP contribution in [0.15, 0.2) is 66.7 Å². The summed E-state index contributed by atoms with van der Waals surface area (Å²) in [6.07, 6.45) is 3.16. The van der Waals surface area contributed by atoms with Crippen LogP contribution in [0.5, 0.6) is 11.5 Å². The van der Waals surface area contributed by atoms with Crippen LogP contribution in [0.2, 0.25) is 0 Å². The molecule has 1 heterocycles. The maximum absolute atomic E-state index is 14.9. The number of Topliss-reactive ketones (excluding diaryl/α,β-unsaturated/α-hetero) is 2. The van der Waals surface area contributed by atoms with Crippen molar-refractivity contribution < 1.29 is 23.5 Å². The number of aromatic nitrogens is 1. The number of fused-ring (bicyclic) bond motifs is 1. The molecule has 4 aromatic rings. The van der Waals surface area contributed by atoms with E-state index in [1.165, 1.54) is 23.5 Å². The fourth-order valence-corrected chi connectivity index (χ4v) is 5.48. The maximum Gasteiger partial charge on any atom is 0.229 e. The average molecular weight is 529 g/mol. The number of thiazole rings is 1. The zero-order valence-corrected chi connectivity index (χ0v) is 21.4. The molecule has 38 heavy (non-hydrogen) atoms. The number of nitrogens with one attached hydrogen (secondary N) is 1. The van der Waals surface area contributed by atoms with E-state index in [1.54, 1.807) is 24.3 Å². The Bertz CT molecular complexity index is 1560. The molecule has 1 N–H and O–H groups in total. The molecule has 2 aliphatic carbocycles. The molecule has 0 radical (unpaired) electrons. The van der Waals surface area contributed by atoms with Crippen LogP contribution in [0.4, 0.5) is 9.52 Å². The van der Waals surface area contributed by atoms with E-state index in [0.717, 1.165) is 28.6 Å². The van der Waals surface area contributed by atoms with E-state index in [4.69, 9.17) is 4.74 Å². The van der Waals surface area contributed by atoms with E-state index in [-0.39, 0.29) is 42.0 Å².